The van der Waals surface area contributed by atoms with Gasteiger partial charge in [-0.15, -0.1) is 0 Å². The summed E-state index contributed by atoms with van der Waals surface area (Å²) in [7, 11) is 1.83. The van der Waals surface area contributed by atoms with Crippen LogP contribution in [0.15, 0.2) is 12.4 Å². The molecule has 0 atom stereocenters. The Morgan fingerprint density at radius 2 is 2.14 bits per heavy atom. The van der Waals surface area contributed by atoms with Crippen LogP contribution in [-0.4, -0.2) is 15.6 Å². The molecule has 1 aromatic rings. The molecular formula is C11H18N2O. The molecule has 0 amide bonds. The lowest BCUT2D eigenvalue weighted by molar-refractivity contribution is 0.0958. The fourth-order valence-electron chi connectivity index (χ4n) is 1.52. The molecule has 1 rings (SSSR count). The Morgan fingerprint density at radius 1 is 1.50 bits per heavy atom. The van der Waals surface area contributed by atoms with Gasteiger partial charge in [-0.05, 0) is 5.92 Å². The molecule has 0 aromatic carbocycles. The van der Waals surface area contributed by atoms with Gasteiger partial charge in [0.05, 0.1) is 11.8 Å². The van der Waals surface area contributed by atoms with E-state index in [0.29, 0.717) is 12.3 Å². The number of rotatable bonds is 5. The zero-order valence-electron chi connectivity index (χ0n) is 9.16. The number of hydrogen-bond acceptors (Lipinski definition) is 2. The van der Waals surface area contributed by atoms with Crippen molar-refractivity contribution in [3.8, 4) is 0 Å². The van der Waals surface area contributed by atoms with Crippen molar-refractivity contribution in [1.82, 2.24) is 9.78 Å². The van der Waals surface area contributed by atoms with Gasteiger partial charge in [0, 0.05) is 19.7 Å². The molecule has 1 heterocycles. The van der Waals surface area contributed by atoms with Crippen molar-refractivity contribution < 1.29 is 4.79 Å². The van der Waals surface area contributed by atoms with Gasteiger partial charge >= 0.3 is 0 Å². The van der Waals surface area contributed by atoms with Crippen LogP contribution in [0.25, 0.3) is 0 Å². The third kappa shape index (κ3) is 2.69. The van der Waals surface area contributed by atoms with Crippen LogP contribution >= 0.6 is 0 Å². The van der Waals surface area contributed by atoms with Gasteiger partial charge in [-0.25, -0.2) is 0 Å². The van der Waals surface area contributed by atoms with Gasteiger partial charge in [-0.2, -0.15) is 5.10 Å². The predicted molar refractivity (Wildman–Crippen MR) is 56.2 cm³/mol. The average molecular weight is 194 g/mol. The molecule has 0 saturated heterocycles. The number of Topliss-reactive ketones (excluding diaryl/α,β-unsaturated/α-hetero) is 1. The molecule has 0 aliphatic heterocycles. The van der Waals surface area contributed by atoms with Gasteiger partial charge < -0.3 is 0 Å². The molecular weight excluding hydrogens is 176 g/mol. The molecule has 1 aromatic heterocycles. The van der Waals surface area contributed by atoms with Gasteiger partial charge in [-0.3, -0.25) is 9.48 Å². The minimum absolute atomic E-state index is 0.215. The lowest BCUT2D eigenvalue weighted by Gasteiger charge is -2.09. The first kappa shape index (κ1) is 11.0. The van der Waals surface area contributed by atoms with Crippen LogP contribution < -0.4 is 0 Å². The summed E-state index contributed by atoms with van der Waals surface area (Å²) < 4.78 is 1.67. The van der Waals surface area contributed by atoms with Crippen molar-refractivity contribution >= 4 is 5.78 Å². The molecule has 0 fully saturated rings. The smallest absolute Gasteiger partial charge is 0.166 e. The van der Waals surface area contributed by atoms with E-state index >= 15 is 0 Å². The summed E-state index contributed by atoms with van der Waals surface area (Å²) in [5, 5.41) is 3.99. The second kappa shape index (κ2) is 4.94. The summed E-state index contributed by atoms with van der Waals surface area (Å²) in [6.45, 7) is 4.26. The molecule has 3 heteroatoms. The van der Waals surface area contributed by atoms with E-state index in [1.54, 1.807) is 17.1 Å². The average Bonchev–Trinajstić information content (AvgIpc) is 2.61. The first-order valence-electron chi connectivity index (χ1n) is 5.19. The highest BCUT2D eigenvalue weighted by Gasteiger charge is 2.13. The van der Waals surface area contributed by atoms with Crippen LogP contribution in [0.3, 0.4) is 0 Å². The summed E-state index contributed by atoms with van der Waals surface area (Å²) in [4.78, 5) is 11.7. The molecule has 0 radical (unpaired) electrons. The van der Waals surface area contributed by atoms with E-state index in [2.05, 4.69) is 18.9 Å². The maximum atomic E-state index is 11.7. The van der Waals surface area contributed by atoms with E-state index in [-0.39, 0.29) is 5.78 Å². The standard InChI is InChI=1S/C11H18N2O/c1-4-9(5-2)6-11(14)10-7-12-13(3)8-10/h7-9H,4-6H2,1-3H3. The summed E-state index contributed by atoms with van der Waals surface area (Å²) >= 11 is 0. The zero-order valence-corrected chi connectivity index (χ0v) is 9.16. The lowest BCUT2D eigenvalue weighted by atomic mass is 9.95. The van der Waals surface area contributed by atoms with Gasteiger partial charge in [0.25, 0.3) is 0 Å². The molecule has 0 aliphatic rings. The van der Waals surface area contributed by atoms with Gasteiger partial charge in [0.2, 0.25) is 0 Å². The maximum absolute atomic E-state index is 11.7. The Hall–Kier alpha value is -1.12. The fraction of sp³-hybridized carbons (Fsp3) is 0.636. The van der Waals surface area contributed by atoms with E-state index < -0.39 is 0 Å². The highest BCUT2D eigenvalue weighted by molar-refractivity contribution is 5.95. The zero-order chi connectivity index (χ0) is 10.6. The quantitative estimate of drug-likeness (QED) is 0.675. The molecule has 0 N–H and O–H groups in total. The second-order valence-electron chi connectivity index (χ2n) is 3.71. The molecule has 0 bridgehead atoms. The van der Waals surface area contributed by atoms with Crippen molar-refractivity contribution in [2.75, 3.05) is 0 Å². The Balaban J connectivity index is 2.58. The molecule has 78 valence electrons. The monoisotopic (exact) mass is 194 g/mol. The van der Waals surface area contributed by atoms with E-state index in [1.807, 2.05) is 7.05 Å². The Kier molecular flexibility index (Phi) is 3.86. The van der Waals surface area contributed by atoms with Gasteiger partial charge in [0.15, 0.2) is 5.78 Å². The molecule has 14 heavy (non-hydrogen) atoms. The molecule has 3 nitrogen and oxygen atoms in total. The molecule has 0 saturated carbocycles. The lowest BCUT2D eigenvalue weighted by Crippen LogP contribution is -2.06. The number of aryl methyl sites for hydroxylation is 1. The van der Waals surface area contributed by atoms with Crippen LogP contribution in [0.4, 0.5) is 0 Å². The minimum Gasteiger partial charge on any atom is -0.294 e. The van der Waals surface area contributed by atoms with Gasteiger partial charge in [0.1, 0.15) is 0 Å². The van der Waals surface area contributed by atoms with E-state index in [9.17, 15) is 4.79 Å². The number of carbonyl (C=O) groups is 1. The molecule has 0 aliphatic carbocycles. The third-order valence-electron chi connectivity index (χ3n) is 2.66. The fourth-order valence-corrected chi connectivity index (χ4v) is 1.52. The maximum Gasteiger partial charge on any atom is 0.166 e. The normalized spacial score (nSPS) is 10.9. The largest absolute Gasteiger partial charge is 0.294 e. The SMILES string of the molecule is CCC(CC)CC(=O)c1cnn(C)c1. The van der Waals surface area contributed by atoms with Crippen LogP contribution in [0.2, 0.25) is 0 Å². The van der Waals surface area contributed by atoms with E-state index in [1.165, 1.54) is 0 Å². The number of ketones is 1. The number of aromatic nitrogens is 2. The van der Waals surface area contributed by atoms with E-state index in [0.717, 1.165) is 18.4 Å². The number of hydrogen-bond donors (Lipinski definition) is 0. The highest BCUT2D eigenvalue weighted by Crippen LogP contribution is 2.15. The summed E-state index contributed by atoms with van der Waals surface area (Å²) in [5.41, 5.74) is 0.736. The third-order valence-corrected chi connectivity index (χ3v) is 2.66. The topological polar surface area (TPSA) is 34.9 Å². The Morgan fingerprint density at radius 3 is 2.57 bits per heavy atom. The number of carbonyl (C=O) groups excluding carboxylic acids is 1. The van der Waals surface area contributed by atoms with Crippen molar-refractivity contribution in [2.24, 2.45) is 13.0 Å². The van der Waals surface area contributed by atoms with Crippen LogP contribution in [0, 0.1) is 5.92 Å². The Labute approximate surface area is 85.1 Å². The van der Waals surface area contributed by atoms with Crippen molar-refractivity contribution in [3.63, 3.8) is 0 Å². The molecule has 0 unspecified atom stereocenters. The Bertz CT molecular complexity index is 300. The number of nitrogens with zero attached hydrogens (tertiary/aromatic N) is 2. The minimum atomic E-state index is 0.215. The van der Waals surface area contributed by atoms with Crippen molar-refractivity contribution in [3.05, 3.63) is 18.0 Å². The predicted octanol–water partition coefficient (Wildman–Crippen LogP) is 2.43. The summed E-state index contributed by atoms with van der Waals surface area (Å²) in [6, 6.07) is 0. The van der Waals surface area contributed by atoms with Gasteiger partial charge in [-0.1, -0.05) is 26.7 Å². The highest BCUT2D eigenvalue weighted by atomic mass is 16.1. The summed E-state index contributed by atoms with van der Waals surface area (Å²) in [5.74, 6) is 0.731. The van der Waals surface area contributed by atoms with Crippen LogP contribution in [0.1, 0.15) is 43.5 Å². The van der Waals surface area contributed by atoms with Crippen molar-refractivity contribution in [1.29, 1.82) is 0 Å². The first-order chi connectivity index (χ1) is 6.67. The second-order valence-corrected chi connectivity index (χ2v) is 3.71. The summed E-state index contributed by atoms with van der Waals surface area (Å²) in [6.07, 6.45) is 6.22. The van der Waals surface area contributed by atoms with E-state index in [4.69, 9.17) is 0 Å². The first-order valence-corrected chi connectivity index (χ1v) is 5.19. The van der Waals surface area contributed by atoms with Crippen LogP contribution in [0.5, 0.6) is 0 Å². The van der Waals surface area contributed by atoms with Crippen LogP contribution in [-0.2, 0) is 7.05 Å². The van der Waals surface area contributed by atoms with Crippen molar-refractivity contribution in [2.45, 2.75) is 33.1 Å². The molecule has 0 spiro atoms.